The predicted molar refractivity (Wildman–Crippen MR) is 109 cm³/mol. The summed E-state index contributed by atoms with van der Waals surface area (Å²) in [5.74, 6) is 8.27. The van der Waals surface area contributed by atoms with Crippen molar-refractivity contribution < 1.29 is 18.9 Å². The van der Waals surface area contributed by atoms with Crippen molar-refractivity contribution in [3.8, 4) is 0 Å². The molecule has 0 spiro atoms. The molecule has 0 bridgehead atoms. The lowest BCUT2D eigenvalue weighted by Gasteiger charge is -2.26. The molecule has 0 aromatic carbocycles. The maximum atomic E-state index is 6.05. The van der Waals surface area contributed by atoms with E-state index in [4.69, 9.17) is 36.3 Å². The van der Waals surface area contributed by atoms with Crippen LogP contribution in [-0.2, 0) is 18.9 Å². The van der Waals surface area contributed by atoms with Gasteiger partial charge in [0, 0.05) is 49.6 Å². The van der Waals surface area contributed by atoms with Gasteiger partial charge in [0.15, 0.2) is 0 Å². The van der Waals surface area contributed by atoms with E-state index in [0.717, 1.165) is 25.3 Å². The Bertz CT molecular complexity index is 373. The Balaban J connectivity index is 1.87. The summed E-state index contributed by atoms with van der Waals surface area (Å²) in [6, 6.07) is 0. The number of nitrogens with zero attached hydrogens (tertiary/aromatic N) is 2. The molecule has 0 atom stereocenters. The molecular formula is C17H37N5O4S. The summed E-state index contributed by atoms with van der Waals surface area (Å²) >= 11 is 1.99. The summed E-state index contributed by atoms with van der Waals surface area (Å²) in [5, 5.41) is 1.58. The maximum Gasteiger partial charge on any atom is 0.0701 e. The standard InChI is InChI=1S/C17H37N5O4S/c18-1-5-23-7-9-25-11-12-26-10-8-24-6-2-22(20)16-17(19)15-21-3-13-27-14-4-21/h16H,1-15,18-20H2/b17-16-. The Morgan fingerprint density at radius 2 is 1.41 bits per heavy atom. The van der Waals surface area contributed by atoms with E-state index in [1.165, 1.54) is 11.5 Å². The molecule has 0 saturated carbocycles. The largest absolute Gasteiger partial charge is 0.400 e. The van der Waals surface area contributed by atoms with Gasteiger partial charge in [-0.1, -0.05) is 0 Å². The number of hydrogen-bond donors (Lipinski definition) is 3. The molecule has 1 aliphatic heterocycles. The lowest BCUT2D eigenvalue weighted by molar-refractivity contribution is -0.00224. The van der Waals surface area contributed by atoms with Gasteiger partial charge in [-0.25, -0.2) is 5.84 Å². The quantitative estimate of drug-likeness (QED) is 0.158. The Kier molecular flexibility index (Phi) is 15.8. The van der Waals surface area contributed by atoms with Crippen molar-refractivity contribution in [1.82, 2.24) is 9.91 Å². The highest BCUT2D eigenvalue weighted by atomic mass is 32.2. The van der Waals surface area contributed by atoms with Gasteiger partial charge in [-0.2, -0.15) is 11.8 Å². The van der Waals surface area contributed by atoms with Gasteiger partial charge in [-0.3, -0.25) is 4.90 Å². The van der Waals surface area contributed by atoms with Crippen molar-refractivity contribution in [2.45, 2.75) is 0 Å². The van der Waals surface area contributed by atoms with Crippen LogP contribution >= 0.6 is 11.8 Å². The second kappa shape index (κ2) is 17.5. The zero-order chi connectivity index (χ0) is 19.6. The zero-order valence-corrected chi connectivity index (χ0v) is 17.2. The fourth-order valence-electron chi connectivity index (χ4n) is 2.35. The molecule has 6 N–H and O–H groups in total. The van der Waals surface area contributed by atoms with Crippen molar-refractivity contribution in [2.24, 2.45) is 17.3 Å². The van der Waals surface area contributed by atoms with Crippen molar-refractivity contribution in [1.29, 1.82) is 0 Å². The first-order valence-corrected chi connectivity index (χ1v) is 10.7. The molecule has 1 aliphatic rings. The molecule has 1 saturated heterocycles. The lowest BCUT2D eigenvalue weighted by Crippen LogP contribution is -2.37. The van der Waals surface area contributed by atoms with Gasteiger partial charge in [-0.05, 0) is 0 Å². The summed E-state index contributed by atoms with van der Waals surface area (Å²) < 4.78 is 21.5. The van der Waals surface area contributed by atoms with Crippen LogP contribution in [0.15, 0.2) is 11.9 Å². The van der Waals surface area contributed by atoms with E-state index in [9.17, 15) is 0 Å². The Labute approximate surface area is 167 Å². The zero-order valence-electron chi connectivity index (χ0n) is 16.4. The molecule has 160 valence electrons. The van der Waals surface area contributed by atoms with Crippen LogP contribution in [0.2, 0.25) is 0 Å². The molecule has 1 rings (SSSR count). The van der Waals surface area contributed by atoms with Crippen LogP contribution in [0.1, 0.15) is 0 Å². The van der Waals surface area contributed by atoms with E-state index in [1.54, 1.807) is 11.2 Å². The Morgan fingerprint density at radius 3 is 1.96 bits per heavy atom. The molecule has 0 unspecified atom stereocenters. The van der Waals surface area contributed by atoms with E-state index in [2.05, 4.69) is 4.90 Å². The highest BCUT2D eigenvalue weighted by Gasteiger charge is 2.10. The third-order valence-electron chi connectivity index (χ3n) is 3.71. The first-order valence-electron chi connectivity index (χ1n) is 9.51. The van der Waals surface area contributed by atoms with Gasteiger partial charge in [-0.15, -0.1) is 0 Å². The number of hydrazine groups is 1. The van der Waals surface area contributed by atoms with E-state index in [0.29, 0.717) is 65.9 Å². The Hall–Kier alpha value is -0.590. The number of nitrogens with two attached hydrogens (primary N) is 3. The summed E-state index contributed by atoms with van der Waals surface area (Å²) in [5.41, 5.74) is 12.1. The normalized spacial score (nSPS) is 16.0. The first kappa shape index (κ1) is 24.4. The van der Waals surface area contributed by atoms with Gasteiger partial charge in [0.2, 0.25) is 0 Å². The highest BCUT2D eigenvalue weighted by Crippen LogP contribution is 2.09. The van der Waals surface area contributed by atoms with E-state index >= 15 is 0 Å². The second-order valence-corrected chi connectivity index (χ2v) is 7.29. The monoisotopic (exact) mass is 407 g/mol. The maximum absolute atomic E-state index is 6.05. The topological polar surface area (TPSA) is 121 Å². The van der Waals surface area contributed by atoms with Gasteiger partial charge in [0.25, 0.3) is 0 Å². The molecule has 0 aliphatic carbocycles. The molecule has 0 aromatic heterocycles. The number of ether oxygens (including phenoxy) is 4. The Morgan fingerprint density at radius 1 is 0.889 bits per heavy atom. The summed E-state index contributed by atoms with van der Waals surface area (Å²) in [6.07, 6.45) is 1.79. The SMILES string of the molecule is NCCOCCOCCOCCOCCN(N)/C=C(\N)CN1CCSCC1. The summed E-state index contributed by atoms with van der Waals surface area (Å²) in [6.45, 7) is 8.40. The van der Waals surface area contributed by atoms with E-state index in [1.807, 2.05) is 11.8 Å². The van der Waals surface area contributed by atoms with Crippen LogP contribution in [0.5, 0.6) is 0 Å². The van der Waals surface area contributed by atoms with Crippen molar-refractivity contribution in [3.05, 3.63) is 11.9 Å². The average molecular weight is 408 g/mol. The number of hydrogen-bond acceptors (Lipinski definition) is 10. The smallest absolute Gasteiger partial charge is 0.0701 e. The van der Waals surface area contributed by atoms with Crippen LogP contribution in [0.25, 0.3) is 0 Å². The minimum Gasteiger partial charge on any atom is -0.400 e. The molecule has 10 heteroatoms. The second-order valence-electron chi connectivity index (χ2n) is 6.07. The van der Waals surface area contributed by atoms with Gasteiger partial charge >= 0.3 is 0 Å². The van der Waals surface area contributed by atoms with Crippen LogP contribution in [0.4, 0.5) is 0 Å². The molecule has 0 amide bonds. The summed E-state index contributed by atoms with van der Waals surface area (Å²) in [4.78, 5) is 2.35. The van der Waals surface area contributed by atoms with Gasteiger partial charge < -0.3 is 35.4 Å². The minimum atomic E-state index is 0.526. The van der Waals surface area contributed by atoms with Crippen LogP contribution in [-0.4, -0.2) is 107 Å². The molecular weight excluding hydrogens is 370 g/mol. The van der Waals surface area contributed by atoms with Crippen molar-refractivity contribution in [3.63, 3.8) is 0 Å². The average Bonchev–Trinajstić information content (AvgIpc) is 2.66. The van der Waals surface area contributed by atoms with E-state index in [-0.39, 0.29) is 0 Å². The fraction of sp³-hybridized carbons (Fsp3) is 0.882. The van der Waals surface area contributed by atoms with Gasteiger partial charge in [0.1, 0.15) is 0 Å². The van der Waals surface area contributed by atoms with Crippen molar-refractivity contribution >= 4 is 11.8 Å². The number of thioether (sulfide) groups is 1. The van der Waals surface area contributed by atoms with Crippen LogP contribution in [0, 0.1) is 0 Å². The third kappa shape index (κ3) is 15.1. The molecule has 0 radical (unpaired) electrons. The molecule has 1 heterocycles. The molecule has 9 nitrogen and oxygen atoms in total. The molecule has 0 aromatic rings. The van der Waals surface area contributed by atoms with Crippen LogP contribution in [0.3, 0.4) is 0 Å². The predicted octanol–water partition coefficient (Wildman–Crippen LogP) is -0.964. The fourth-order valence-corrected chi connectivity index (χ4v) is 3.33. The van der Waals surface area contributed by atoms with E-state index < -0.39 is 0 Å². The summed E-state index contributed by atoms with van der Waals surface area (Å²) in [7, 11) is 0. The van der Waals surface area contributed by atoms with Gasteiger partial charge in [0.05, 0.1) is 59.4 Å². The minimum absolute atomic E-state index is 0.526. The van der Waals surface area contributed by atoms with Crippen molar-refractivity contribution in [2.75, 3.05) is 97.1 Å². The first-order chi connectivity index (χ1) is 13.2. The third-order valence-corrected chi connectivity index (χ3v) is 4.66. The molecule has 27 heavy (non-hydrogen) atoms. The number of rotatable bonds is 17. The van der Waals surface area contributed by atoms with Crippen LogP contribution < -0.4 is 17.3 Å². The highest BCUT2D eigenvalue weighted by molar-refractivity contribution is 7.99. The lowest BCUT2D eigenvalue weighted by atomic mass is 10.4. The molecule has 1 fully saturated rings.